The lowest BCUT2D eigenvalue weighted by atomic mass is 10.3. The minimum Gasteiger partial charge on any atom is -0.484 e. The van der Waals surface area contributed by atoms with E-state index < -0.39 is 5.91 Å². The van der Waals surface area contributed by atoms with Crippen LogP contribution in [0.25, 0.3) is 0 Å². The van der Waals surface area contributed by atoms with Crippen LogP contribution < -0.4 is 21.1 Å². The lowest BCUT2D eigenvalue weighted by molar-refractivity contribution is -0.120. The topological polar surface area (TPSA) is 93.4 Å². The van der Waals surface area contributed by atoms with Crippen molar-refractivity contribution in [1.29, 1.82) is 0 Å². The van der Waals surface area contributed by atoms with Gasteiger partial charge in [0.05, 0.1) is 6.54 Å². The highest BCUT2D eigenvalue weighted by atomic mass is 16.5. The number of hydrogen-bond acceptors (Lipinski definition) is 4. The highest BCUT2D eigenvalue weighted by Crippen LogP contribution is 2.16. The Labute approximate surface area is 99.1 Å². The van der Waals surface area contributed by atoms with Crippen LogP contribution in [0.5, 0.6) is 5.75 Å². The first kappa shape index (κ1) is 13.0. The van der Waals surface area contributed by atoms with Crippen molar-refractivity contribution in [3.63, 3.8) is 0 Å². The number of carbonyl (C=O) groups is 2. The fourth-order valence-electron chi connectivity index (χ4n) is 1.18. The average molecular weight is 237 g/mol. The molecule has 0 spiro atoms. The fraction of sp³-hybridized carbons (Fsp3) is 0.273. The number of ether oxygens (including phenoxy) is 1. The van der Waals surface area contributed by atoms with Crippen molar-refractivity contribution in [1.82, 2.24) is 5.32 Å². The van der Waals surface area contributed by atoms with E-state index in [-0.39, 0.29) is 19.1 Å². The zero-order valence-electron chi connectivity index (χ0n) is 9.53. The maximum absolute atomic E-state index is 11.3. The molecule has 0 aliphatic carbocycles. The minimum absolute atomic E-state index is 0.153. The SMILES string of the molecule is CNCC(=O)Nc1cccc(OCC(N)=O)c1. The van der Waals surface area contributed by atoms with Gasteiger partial charge in [-0.25, -0.2) is 0 Å². The first-order valence-electron chi connectivity index (χ1n) is 5.07. The summed E-state index contributed by atoms with van der Waals surface area (Å²) in [7, 11) is 1.69. The van der Waals surface area contributed by atoms with E-state index in [0.29, 0.717) is 11.4 Å². The van der Waals surface area contributed by atoms with Crippen LogP contribution in [0.1, 0.15) is 0 Å². The molecule has 1 aromatic rings. The van der Waals surface area contributed by atoms with Crippen molar-refractivity contribution >= 4 is 17.5 Å². The molecule has 0 saturated heterocycles. The molecule has 0 aliphatic rings. The summed E-state index contributed by atoms with van der Waals surface area (Å²) in [6.45, 7) is 0.0420. The summed E-state index contributed by atoms with van der Waals surface area (Å²) in [5.74, 6) is -0.222. The van der Waals surface area contributed by atoms with Gasteiger partial charge in [-0.2, -0.15) is 0 Å². The van der Waals surface area contributed by atoms with E-state index in [1.807, 2.05) is 0 Å². The van der Waals surface area contributed by atoms with Crippen LogP contribution in [-0.2, 0) is 9.59 Å². The molecule has 2 amide bonds. The second kappa shape index (κ2) is 6.49. The molecule has 0 aromatic heterocycles. The molecule has 0 bridgehead atoms. The average Bonchev–Trinajstić information content (AvgIpc) is 2.27. The monoisotopic (exact) mass is 237 g/mol. The van der Waals surface area contributed by atoms with Crippen LogP contribution in [0.15, 0.2) is 24.3 Å². The normalized spacial score (nSPS) is 9.71. The Hall–Kier alpha value is -2.08. The van der Waals surface area contributed by atoms with Crippen molar-refractivity contribution in [2.24, 2.45) is 5.73 Å². The van der Waals surface area contributed by atoms with E-state index in [4.69, 9.17) is 10.5 Å². The molecule has 0 unspecified atom stereocenters. The Morgan fingerprint density at radius 1 is 1.41 bits per heavy atom. The minimum atomic E-state index is -0.547. The lowest BCUT2D eigenvalue weighted by Crippen LogP contribution is -2.25. The number of nitrogens with one attached hydrogen (secondary N) is 2. The number of primary amides is 1. The maximum atomic E-state index is 11.3. The number of anilines is 1. The Balaban J connectivity index is 2.59. The van der Waals surface area contributed by atoms with Gasteiger partial charge in [0, 0.05) is 11.8 Å². The zero-order chi connectivity index (χ0) is 12.7. The van der Waals surface area contributed by atoms with Gasteiger partial charge in [0.2, 0.25) is 5.91 Å². The van der Waals surface area contributed by atoms with Gasteiger partial charge >= 0.3 is 0 Å². The molecule has 0 radical (unpaired) electrons. The quantitative estimate of drug-likeness (QED) is 0.633. The Bertz CT molecular complexity index is 407. The number of rotatable bonds is 6. The first-order valence-corrected chi connectivity index (χ1v) is 5.07. The first-order chi connectivity index (χ1) is 8.11. The van der Waals surface area contributed by atoms with E-state index in [1.54, 1.807) is 31.3 Å². The Morgan fingerprint density at radius 3 is 2.82 bits per heavy atom. The number of amides is 2. The third-order valence-corrected chi connectivity index (χ3v) is 1.84. The molecular weight excluding hydrogens is 222 g/mol. The van der Waals surface area contributed by atoms with E-state index in [9.17, 15) is 9.59 Å². The van der Waals surface area contributed by atoms with E-state index in [0.717, 1.165) is 0 Å². The molecule has 0 atom stereocenters. The molecular formula is C11H15N3O3. The van der Waals surface area contributed by atoms with E-state index in [2.05, 4.69) is 10.6 Å². The molecule has 6 heteroatoms. The highest BCUT2D eigenvalue weighted by molar-refractivity contribution is 5.92. The molecule has 0 heterocycles. The maximum Gasteiger partial charge on any atom is 0.255 e. The fourth-order valence-corrected chi connectivity index (χ4v) is 1.18. The van der Waals surface area contributed by atoms with Crippen LogP contribution in [0.2, 0.25) is 0 Å². The van der Waals surface area contributed by atoms with Crippen LogP contribution >= 0.6 is 0 Å². The summed E-state index contributed by atoms with van der Waals surface area (Å²) in [5.41, 5.74) is 5.56. The van der Waals surface area contributed by atoms with Crippen molar-refractivity contribution in [2.45, 2.75) is 0 Å². The van der Waals surface area contributed by atoms with Crippen molar-refractivity contribution in [2.75, 3.05) is 25.5 Å². The molecule has 6 nitrogen and oxygen atoms in total. The molecule has 0 fully saturated rings. The van der Waals surface area contributed by atoms with Gasteiger partial charge in [0.25, 0.3) is 5.91 Å². The highest BCUT2D eigenvalue weighted by Gasteiger charge is 2.02. The number of likely N-dealkylation sites (N-methyl/N-ethyl adjacent to an activating group) is 1. The lowest BCUT2D eigenvalue weighted by Gasteiger charge is -2.07. The van der Waals surface area contributed by atoms with E-state index in [1.165, 1.54) is 0 Å². The molecule has 1 rings (SSSR count). The van der Waals surface area contributed by atoms with Gasteiger partial charge < -0.3 is 21.1 Å². The summed E-state index contributed by atoms with van der Waals surface area (Å²) in [6.07, 6.45) is 0. The molecule has 4 N–H and O–H groups in total. The summed E-state index contributed by atoms with van der Waals surface area (Å²) < 4.78 is 5.11. The molecule has 17 heavy (non-hydrogen) atoms. The third kappa shape index (κ3) is 4.98. The van der Waals surface area contributed by atoms with Crippen LogP contribution in [0.3, 0.4) is 0 Å². The number of hydrogen-bond donors (Lipinski definition) is 3. The predicted molar refractivity (Wildman–Crippen MR) is 63.7 cm³/mol. The predicted octanol–water partition coefficient (Wildman–Crippen LogP) is -0.291. The molecule has 0 aliphatic heterocycles. The summed E-state index contributed by atoms with van der Waals surface area (Å²) in [5, 5.41) is 5.41. The van der Waals surface area contributed by atoms with Crippen molar-refractivity contribution in [3.05, 3.63) is 24.3 Å². The number of nitrogens with two attached hydrogens (primary N) is 1. The van der Waals surface area contributed by atoms with Gasteiger partial charge in [0.1, 0.15) is 5.75 Å². The Morgan fingerprint density at radius 2 is 2.18 bits per heavy atom. The summed E-state index contributed by atoms with van der Waals surface area (Å²) in [6, 6.07) is 6.74. The standard InChI is InChI=1S/C11H15N3O3/c1-13-6-11(16)14-8-3-2-4-9(5-8)17-7-10(12)15/h2-5,13H,6-7H2,1H3,(H2,12,15)(H,14,16). The second-order valence-corrected chi connectivity index (χ2v) is 3.36. The van der Waals surface area contributed by atoms with Crippen LogP contribution in [0, 0.1) is 0 Å². The van der Waals surface area contributed by atoms with Gasteiger partial charge in [-0.15, -0.1) is 0 Å². The van der Waals surface area contributed by atoms with Gasteiger partial charge in [0.15, 0.2) is 6.61 Å². The van der Waals surface area contributed by atoms with E-state index >= 15 is 0 Å². The van der Waals surface area contributed by atoms with Crippen LogP contribution in [-0.4, -0.2) is 32.0 Å². The zero-order valence-corrected chi connectivity index (χ0v) is 9.53. The Kier molecular flexibility index (Phi) is 4.96. The van der Waals surface area contributed by atoms with Crippen molar-refractivity contribution in [3.8, 4) is 5.75 Å². The van der Waals surface area contributed by atoms with Gasteiger partial charge in [-0.3, -0.25) is 9.59 Å². The number of benzene rings is 1. The smallest absolute Gasteiger partial charge is 0.255 e. The summed E-state index contributed by atoms with van der Waals surface area (Å²) >= 11 is 0. The number of carbonyl (C=O) groups excluding carboxylic acids is 2. The largest absolute Gasteiger partial charge is 0.484 e. The second-order valence-electron chi connectivity index (χ2n) is 3.36. The van der Waals surface area contributed by atoms with Gasteiger partial charge in [-0.1, -0.05) is 6.07 Å². The van der Waals surface area contributed by atoms with Crippen molar-refractivity contribution < 1.29 is 14.3 Å². The summed E-state index contributed by atoms with van der Waals surface area (Å²) in [4.78, 5) is 21.8. The molecule has 1 aromatic carbocycles. The van der Waals surface area contributed by atoms with Gasteiger partial charge in [-0.05, 0) is 19.2 Å². The molecule has 92 valence electrons. The van der Waals surface area contributed by atoms with Crippen LogP contribution in [0.4, 0.5) is 5.69 Å². The third-order valence-electron chi connectivity index (χ3n) is 1.84. The molecule has 0 saturated carbocycles.